The van der Waals surface area contributed by atoms with E-state index in [-0.39, 0.29) is 19.7 Å². The molecule has 0 aliphatic heterocycles. The van der Waals surface area contributed by atoms with Gasteiger partial charge in [-0.25, -0.2) is 13.8 Å². The standard InChI is InChI=1S/C21H18F2N4O2.2H2/c1-10-18(21(29)27-16-6-7-25-17(9-24)19(10)16)11(2)20(28)26-12(3)14-5-4-13(22)8-15(14)23;;/h4-8,11-12H,1-3H3,(H,26,28)(H,27,29);2*1H/t11-,12-;;/m0../s1. The van der Waals surface area contributed by atoms with Gasteiger partial charge in [0.05, 0.1) is 17.5 Å². The summed E-state index contributed by atoms with van der Waals surface area (Å²) in [7, 11) is 0. The molecule has 1 aromatic carbocycles. The van der Waals surface area contributed by atoms with Crippen LogP contribution < -0.4 is 10.9 Å². The summed E-state index contributed by atoms with van der Waals surface area (Å²) in [5.41, 5.74) is 0.965. The van der Waals surface area contributed by atoms with Gasteiger partial charge in [0.2, 0.25) is 5.91 Å². The van der Waals surface area contributed by atoms with Gasteiger partial charge in [-0.2, -0.15) is 5.26 Å². The summed E-state index contributed by atoms with van der Waals surface area (Å²) in [4.78, 5) is 32.1. The number of halogens is 2. The lowest BCUT2D eigenvalue weighted by Crippen LogP contribution is -2.34. The maximum atomic E-state index is 14.0. The van der Waals surface area contributed by atoms with E-state index in [9.17, 15) is 23.6 Å². The molecule has 0 unspecified atom stereocenters. The predicted octanol–water partition coefficient (Wildman–Crippen LogP) is 3.85. The molecule has 6 nitrogen and oxygen atoms in total. The third-order valence-electron chi connectivity index (χ3n) is 4.94. The Hall–Kier alpha value is -3.60. The summed E-state index contributed by atoms with van der Waals surface area (Å²) in [5, 5.41) is 12.4. The van der Waals surface area contributed by atoms with E-state index in [1.54, 1.807) is 26.8 Å². The number of aryl methyl sites for hydroxylation is 1. The van der Waals surface area contributed by atoms with E-state index in [1.165, 1.54) is 12.3 Å². The van der Waals surface area contributed by atoms with E-state index in [0.717, 1.165) is 12.1 Å². The minimum absolute atomic E-state index is 0. The van der Waals surface area contributed by atoms with Gasteiger partial charge in [-0.15, -0.1) is 0 Å². The number of nitrogens with one attached hydrogen (secondary N) is 2. The van der Waals surface area contributed by atoms with Crippen molar-refractivity contribution in [2.24, 2.45) is 0 Å². The molecule has 152 valence electrons. The van der Waals surface area contributed by atoms with Crippen LogP contribution in [0.2, 0.25) is 0 Å². The maximum Gasteiger partial charge on any atom is 0.252 e. The van der Waals surface area contributed by atoms with Crippen molar-refractivity contribution in [2.75, 3.05) is 0 Å². The second kappa shape index (κ2) is 7.80. The SMILES string of the molecule is Cc1c([C@H](C)C(=O)N[C@@H](C)c2ccc(F)cc2F)c(=O)[nH]c2ccnc(C#N)c12.[HH].[HH]. The third kappa shape index (κ3) is 3.72. The monoisotopic (exact) mass is 400 g/mol. The summed E-state index contributed by atoms with van der Waals surface area (Å²) in [6, 6.07) is 5.95. The van der Waals surface area contributed by atoms with Crippen molar-refractivity contribution in [3.8, 4) is 6.07 Å². The molecule has 0 saturated carbocycles. The number of hydrogen-bond donors (Lipinski definition) is 2. The normalized spacial score (nSPS) is 13.0. The molecule has 3 rings (SSSR count). The lowest BCUT2D eigenvalue weighted by Gasteiger charge is -2.20. The highest BCUT2D eigenvalue weighted by Gasteiger charge is 2.25. The average Bonchev–Trinajstić information content (AvgIpc) is 2.66. The molecular formula is C21H22F2N4O2. The van der Waals surface area contributed by atoms with Gasteiger partial charge in [0.15, 0.2) is 0 Å². The van der Waals surface area contributed by atoms with Crippen molar-refractivity contribution in [1.29, 1.82) is 5.26 Å². The quantitative estimate of drug-likeness (QED) is 0.695. The van der Waals surface area contributed by atoms with Gasteiger partial charge in [-0.1, -0.05) is 6.07 Å². The number of fused-ring (bicyclic) bond motifs is 1. The van der Waals surface area contributed by atoms with Crippen LogP contribution in [0.15, 0.2) is 35.3 Å². The third-order valence-corrected chi connectivity index (χ3v) is 4.94. The number of hydrogen-bond acceptors (Lipinski definition) is 4. The first-order valence-electron chi connectivity index (χ1n) is 8.91. The zero-order chi connectivity index (χ0) is 21.3. The molecule has 29 heavy (non-hydrogen) atoms. The molecule has 3 aromatic rings. The molecule has 2 heterocycles. The molecule has 1 amide bonds. The number of nitrogens with zero attached hydrogens (tertiary/aromatic N) is 2. The van der Waals surface area contributed by atoms with E-state index in [2.05, 4.69) is 15.3 Å². The van der Waals surface area contributed by atoms with E-state index in [4.69, 9.17) is 0 Å². The Balaban J connectivity index is 0.00000240. The Kier molecular flexibility index (Phi) is 5.41. The molecule has 0 saturated heterocycles. The number of benzene rings is 1. The van der Waals surface area contributed by atoms with Crippen LogP contribution >= 0.6 is 0 Å². The highest BCUT2D eigenvalue weighted by atomic mass is 19.1. The Morgan fingerprint density at radius 3 is 2.69 bits per heavy atom. The topological polar surface area (TPSA) is 98.6 Å². The second-order valence-corrected chi connectivity index (χ2v) is 6.80. The minimum atomic E-state index is -0.874. The molecule has 8 heteroatoms. The Morgan fingerprint density at radius 2 is 2.03 bits per heavy atom. The van der Waals surface area contributed by atoms with Crippen molar-refractivity contribution in [3.05, 3.63) is 74.8 Å². The van der Waals surface area contributed by atoms with Gasteiger partial charge in [-0.3, -0.25) is 9.59 Å². The summed E-state index contributed by atoms with van der Waals surface area (Å²) in [6.07, 6.45) is 1.42. The average molecular weight is 400 g/mol. The number of rotatable bonds is 4. The first kappa shape index (κ1) is 20.1. The van der Waals surface area contributed by atoms with E-state index < -0.39 is 35.1 Å². The molecule has 0 spiro atoms. The number of aromatic nitrogens is 2. The zero-order valence-electron chi connectivity index (χ0n) is 16.0. The lowest BCUT2D eigenvalue weighted by atomic mass is 9.93. The van der Waals surface area contributed by atoms with Crippen LogP contribution in [0.3, 0.4) is 0 Å². The number of nitriles is 1. The Bertz CT molecular complexity index is 1220. The van der Waals surface area contributed by atoms with Crippen LogP contribution in [0.1, 0.15) is 51.0 Å². The highest BCUT2D eigenvalue weighted by molar-refractivity contribution is 5.90. The fourth-order valence-electron chi connectivity index (χ4n) is 3.45. The zero-order valence-corrected chi connectivity index (χ0v) is 16.0. The molecule has 0 bridgehead atoms. The fraction of sp³-hybridized carbons (Fsp3) is 0.238. The number of aromatic amines is 1. The molecule has 0 aliphatic carbocycles. The largest absolute Gasteiger partial charge is 0.349 e. The molecule has 2 N–H and O–H groups in total. The number of carbonyl (C=O) groups excluding carboxylic acids is 1. The minimum Gasteiger partial charge on any atom is -0.349 e. The van der Waals surface area contributed by atoms with Gasteiger partial charge in [0.25, 0.3) is 5.56 Å². The molecule has 0 fully saturated rings. The van der Waals surface area contributed by atoms with E-state index in [1.807, 2.05) is 6.07 Å². The highest BCUT2D eigenvalue weighted by Crippen LogP contribution is 2.25. The van der Waals surface area contributed by atoms with Crippen molar-refractivity contribution < 1.29 is 16.4 Å². The number of pyridine rings is 2. The predicted molar refractivity (Wildman–Crippen MR) is 107 cm³/mol. The summed E-state index contributed by atoms with van der Waals surface area (Å²) < 4.78 is 27.1. The van der Waals surface area contributed by atoms with Crippen LogP contribution in [-0.4, -0.2) is 15.9 Å². The lowest BCUT2D eigenvalue weighted by molar-refractivity contribution is -0.122. The van der Waals surface area contributed by atoms with Gasteiger partial charge in [-0.05, 0) is 38.5 Å². The second-order valence-electron chi connectivity index (χ2n) is 6.80. The molecule has 0 radical (unpaired) electrons. The van der Waals surface area contributed by atoms with Gasteiger partial charge in [0, 0.05) is 31.6 Å². The molecule has 2 atom stereocenters. The first-order chi connectivity index (χ1) is 13.7. The van der Waals surface area contributed by atoms with Gasteiger partial charge < -0.3 is 10.3 Å². The molecule has 2 aromatic heterocycles. The molecule has 0 aliphatic rings. The van der Waals surface area contributed by atoms with Gasteiger partial charge >= 0.3 is 0 Å². The van der Waals surface area contributed by atoms with Crippen molar-refractivity contribution in [1.82, 2.24) is 15.3 Å². The smallest absolute Gasteiger partial charge is 0.252 e. The number of H-pyrrole nitrogens is 1. The maximum absolute atomic E-state index is 14.0. The Morgan fingerprint density at radius 1 is 1.31 bits per heavy atom. The first-order valence-corrected chi connectivity index (χ1v) is 8.91. The fourth-order valence-corrected chi connectivity index (χ4v) is 3.45. The summed E-state index contributed by atoms with van der Waals surface area (Å²) in [6.45, 7) is 4.77. The van der Waals surface area contributed by atoms with Crippen LogP contribution in [-0.2, 0) is 4.79 Å². The van der Waals surface area contributed by atoms with Crippen LogP contribution in [0, 0.1) is 29.9 Å². The van der Waals surface area contributed by atoms with Crippen molar-refractivity contribution >= 4 is 16.8 Å². The summed E-state index contributed by atoms with van der Waals surface area (Å²) in [5.74, 6) is -2.86. The Labute approximate surface area is 168 Å². The summed E-state index contributed by atoms with van der Waals surface area (Å²) >= 11 is 0. The molecular weight excluding hydrogens is 378 g/mol. The van der Waals surface area contributed by atoms with Crippen LogP contribution in [0.25, 0.3) is 10.9 Å². The van der Waals surface area contributed by atoms with Crippen molar-refractivity contribution in [3.63, 3.8) is 0 Å². The van der Waals surface area contributed by atoms with E-state index >= 15 is 0 Å². The van der Waals surface area contributed by atoms with Crippen LogP contribution in [0.5, 0.6) is 0 Å². The van der Waals surface area contributed by atoms with Crippen molar-refractivity contribution in [2.45, 2.75) is 32.7 Å². The van der Waals surface area contributed by atoms with Crippen LogP contribution in [0.4, 0.5) is 8.78 Å². The van der Waals surface area contributed by atoms with Gasteiger partial charge in [0.1, 0.15) is 23.4 Å². The number of carbonyl (C=O) groups is 1. The number of amides is 1. The van der Waals surface area contributed by atoms with E-state index in [0.29, 0.717) is 16.5 Å².